The summed E-state index contributed by atoms with van der Waals surface area (Å²) >= 11 is 0. The number of aromatic nitrogens is 6. The lowest BCUT2D eigenvalue weighted by molar-refractivity contribution is 0.414. The van der Waals surface area contributed by atoms with Crippen molar-refractivity contribution >= 4 is 126 Å². The lowest BCUT2D eigenvalue weighted by atomic mass is 10.1. The van der Waals surface area contributed by atoms with Crippen LogP contribution in [0.2, 0.25) is 0 Å². The van der Waals surface area contributed by atoms with Crippen LogP contribution in [0.25, 0.3) is 65.4 Å². The predicted octanol–water partition coefficient (Wildman–Crippen LogP) is 7.93. The molecule has 30 nitrogen and oxygen atoms in total. The quantitative estimate of drug-likeness (QED) is 0.0177. The fourth-order valence-corrected chi connectivity index (χ4v) is 15.3. The number of hydrogen-bond donors (Lipinski definition) is 12. The van der Waals surface area contributed by atoms with Gasteiger partial charge in [-0.25, -0.2) is 78.8 Å². The average Bonchev–Trinajstić information content (AvgIpc) is 1.38. The molecular weight excluding hydrogens is 1650 g/mol. The van der Waals surface area contributed by atoms with Crippen LogP contribution >= 0.6 is 0 Å². The number of hydrogen-bond acceptors (Lipinski definition) is 18. The summed E-state index contributed by atoms with van der Waals surface area (Å²) < 4.78 is 499. The summed E-state index contributed by atoms with van der Waals surface area (Å²) in [6.07, 6.45) is -6.14. The van der Waals surface area contributed by atoms with Gasteiger partial charge >= 0.3 is 0 Å². The maximum atomic E-state index is 12.1. The van der Waals surface area contributed by atoms with Crippen LogP contribution in [0.1, 0.15) is 128 Å². The van der Waals surface area contributed by atoms with E-state index in [1.165, 1.54) is 127 Å². The monoisotopic (exact) mass is 1820 g/mol. The number of fused-ring (bicyclic) bond motifs is 6. The summed E-state index contributed by atoms with van der Waals surface area (Å²) in [5, 5.41) is 2.03. The van der Waals surface area contributed by atoms with Gasteiger partial charge in [-0.05, 0) is 304 Å². The number of rotatable bonds is 36. The molecule has 6 heterocycles. The molecule has 12 N–H and O–H groups in total. The third-order valence-corrected chi connectivity index (χ3v) is 23.7. The minimum absolute atomic E-state index is 0.0657. The molecule has 0 unspecified atom stereocenters. The molecule has 12 aromatic rings. The topological polar surface area (TPSA) is 391 Å². The Kier molecular flexibility index (Phi) is 19.5. The average molecular weight is 1820 g/mol. The number of likely N-dealkylation sites (N-methyl/N-ethyl adjacent to an activating group) is 6. The number of nitrogens with zero attached hydrogens (tertiary/aromatic N) is 6. The predicted molar refractivity (Wildman–Crippen MR) is 493 cm³/mol. The Hall–Kier alpha value is -8.22. The molecule has 0 aliphatic carbocycles. The standard InChI is InChI=1S/6C14H21N3O2S/c6*1-15-20(18,19)10-11-4-5-14-13(8-11)12(9-16-14)6-7-17(2)3/h6*4-5,8-9,15-16H,6-7,10H2,1-3H3/i2D3,3D3,6D2,7D2;1D3,2D3,3D3,6D2;2D3,6D2,7D2;1D3,2D3,6D2;6D2,7D2;1D3,6D2. The molecule has 0 atom stereocenters. The van der Waals surface area contributed by atoms with E-state index in [0.717, 1.165) is 18.1 Å². The second kappa shape index (κ2) is 45.2. The molecule has 6 aromatic carbocycles. The van der Waals surface area contributed by atoms with Crippen molar-refractivity contribution in [3.63, 3.8) is 0 Å². The van der Waals surface area contributed by atoms with Crippen molar-refractivity contribution in [2.24, 2.45) is 0 Å². The van der Waals surface area contributed by atoms with Crippen LogP contribution in [0.15, 0.2) is 146 Å². The summed E-state index contributed by atoms with van der Waals surface area (Å²) in [4.78, 5) is 21.0. The van der Waals surface area contributed by atoms with Crippen molar-refractivity contribution in [2.75, 3.05) is 165 Å². The van der Waals surface area contributed by atoms with Gasteiger partial charge in [0, 0.05) is 203 Å². The van der Waals surface area contributed by atoms with Crippen molar-refractivity contribution in [2.45, 2.75) is 72.8 Å². The first-order valence-electron chi connectivity index (χ1n) is 57.7. The molecule has 12 rings (SSSR count). The molecule has 0 radical (unpaired) electrons. The van der Waals surface area contributed by atoms with Crippen LogP contribution in [-0.4, -0.2) is 275 Å². The highest BCUT2D eigenvalue weighted by atomic mass is 32.2. The van der Waals surface area contributed by atoms with Crippen molar-refractivity contribution in [3.05, 3.63) is 213 Å². The largest absolute Gasteiger partial charge is 0.361 e. The van der Waals surface area contributed by atoms with Gasteiger partial charge in [-0.2, -0.15) is 0 Å². The lowest BCUT2D eigenvalue weighted by Crippen LogP contribution is -2.20. The third kappa shape index (κ3) is 31.9. The molecule has 0 bridgehead atoms. The molecule has 0 aliphatic rings. The number of H-pyrrole nitrogens is 6. The van der Waals surface area contributed by atoms with Crippen molar-refractivity contribution in [3.8, 4) is 0 Å². The summed E-state index contributed by atoms with van der Waals surface area (Å²) in [6.45, 7) is -36.7. The Labute approximate surface area is 774 Å². The van der Waals surface area contributed by atoms with Crippen molar-refractivity contribution in [1.82, 2.24) is 87.6 Å². The van der Waals surface area contributed by atoms with E-state index in [-0.39, 0.29) is 83.6 Å². The van der Waals surface area contributed by atoms with Gasteiger partial charge in [0.05, 0.1) is 34.5 Å². The maximum Gasteiger partial charge on any atom is 0.215 e. The van der Waals surface area contributed by atoms with Crippen LogP contribution in [0.5, 0.6) is 0 Å². The zero-order valence-electron chi connectivity index (χ0n) is 111. The number of aryl methyl sites for hydroxylation is 3. The molecule has 0 aliphatic heterocycles. The van der Waals surface area contributed by atoms with Crippen LogP contribution in [-0.2, 0) is 133 Å². The molecule has 36 heteroatoms. The van der Waals surface area contributed by atoms with Crippen LogP contribution in [0.4, 0.5) is 0 Å². The second-order valence-electron chi connectivity index (χ2n) is 26.7. The van der Waals surface area contributed by atoms with Gasteiger partial charge in [-0.3, -0.25) is 0 Å². The van der Waals surface area contributed by atoms with E-state index in [4.69, 9.17) is 61.7 Å². The Bertz CT molecular complexity index is 8030. The smallest absolute Gasteiger partial charge is 0.215 e. The Morgan fingerprint density at radius 3 is 0.692 bits per heavy atom. The van der Waals surface area contributed by atoms with Crippen LogP contribution in [0.3, 0.4) is 0 Å². The fraction of sp³-hybridized carbons (Fsp3) is 0.429. The number of nitrogens with one attached hydrogen (secondary N) is 12. The van der Waals surface area contributed by atoms with Crippen LogP contribution < -0.4 is 28.3 Å². The molecule has 0 saturated heterocycles. The molecule has 120 heavy (non-hydrogen) atoms. The van der Waals surface area contributed by atoms with E-state index in [1.54, 1.807) is 94.0 Å². The van der Waals surface area contributed by atoms with Gasteiger partial charge in [-0.1, -0.05) is 36.4 Å². The van der Waals surface area contributed by atoms with E-state index >= 15 is 0 Å². The first-order valence-corrected chi connectivity index (χ1v) is 45.1. The van der Waals surface area contributed by atoms with Gasteiger partial charge in [0.25, 0.3) is 0 Å². The van der Waals surface area contributed by atoms with E-state index in [9.17, 15) is 50.5 Å². The Morgan fingerprint density at radius 2 is 0.475 bits per heavy atom. The van der Waals surface area contributed by atoms with E-state index in [0.29, 0.717) is 76.4 Å². The summed E-state index contributed by atoms with van der Waals surface area (Å²) in [6, 6.07) is 27.3. The zero-order valence-corrected chi connectivity index (χ0v) is 71.2. The van der Waals surface area contributed by atoms with Crippen LogP contribution in [0, 0.1) is 0 Å². The SMILES string of the molecule is [2H]C([2H])([2H])N(C([2H])([2H])[2H])C([2H])([2H])C([2H])([2H])c1c[nH]c2ccc(CS(=O)(=O)NC)cc12.[2H]C([2H])([2H])N(C)C([2H])([2H])C([2H])([2H])c1c[nH]c2ccc(CS(=O)(=O)NC)cc12.[2H]C([2H])([2H])NS(=O)(=O)Cc1ccc2[nH]cc(C([2H])([2H])CN(C([2H])([2H])[2H])C([2H])([2H])[2H])c2c1.[2H]C([2H])([2H])NS(=O)(=O)Cc1ccc2[nH]cc(C([2H])([2H])CN(C)C([2H])([2H])[2H])c2c1.[2H]C([2H])([2H])NS(=O)(=O)Cc1ccc2[nH]cc(C([2H])([2H])CN(C)C)c2c1.[2H]C([2H])(c1c[nH]c2ccc(CS(=O)(=O)NC)cc12)C([2H])([2H])N(C)C. The minimum atomic E-state index is -4.22. The minimum Gasteiger partial charge on any atom is -0.361 e. The fourth-order valence-electron chi connectivity index (χ4n) is 11.0. The second-order valence-corrected chi connectivity index (χ2v) is 37.6. The lowest BCUT2D eigenvalue weighted by Gasteiger charge is -2.08. The summed E-state index contributed by atoms with van der Waals surface area (Å²) in [5.74, 6) is -2.75. The van der Waals surface area contributed by atoms with Crippen molar-refractivity contribution in [1.29, 1.82) is 0 Å². The maximum absolute atomic E-state index is 12.1. The molecule has 0 spiro atoms. The third-order valence-electron chi connectivity index (χ3n) is 16.6. The van der Waals surface area contributed by atoms with Gasteiger partial charge in [0.2, 0.25) is 60.1 Å². The molecule has 660 valence electrons. The zero-order chi connectivity index (χ0) is 127. The Morgan fingerprint density at radius 1 is 0.267 bits per heavy atom. The molecular formula is C84H126N18O12S6. The van der Waals surface area contributed by atoms with Gasteiger partial charge in [-0.15, -0.1) is 0 Å². The van der Waals surface area contributed by atoms with E-state index in [2.05, 4.69) is 44.1 Å². The molecule has 0 fully saturated rings. The van der Waals surface area contributed by atoms with Gasteiger partial charge < -0.3 is 59.3 Å². The summed E-state index contributed by atoms with van der Waals surface area (Å²) in [5.41, 5.74) is 5.29. The number of benzene rings is 6. The number of sulfonamides is 6. The first kappa shape index (κ1) is 51.8. The first-order chi connectivity index (χ1) is 73.9. The summed E-state index contributed by atoms with van der Waals surface area (Å²) in [7, 11) is -10.4. The van der Waals surface area contributed by atoms with Crippen molar-refractivity contribution < 1.29 is 112 Å². The number of aromatic amines is 6. The normalized spacial score (nSPS) is 20.0. The molecule has 6 aromatic heterocycles. The van der Waals surface area contributed by atoms with E-state index in [1.807, 2.05) is 0 Å². The van der Waals surface area contributed by atoms with Gasteiger partial charge in [0.15, 0.2) is 0 Å². The highest BCUT2D eigenvalue weighted by Gasteiger charge is 2.19. The molecule has 0 amide bonds. The molecule has 0 saturated carbocycles. The highest BCUT2D eigenvalue weighted by molar-refractivity contribution is 7.90. The van der Waals surface area contributed by atoms with E-state index < -0.39 is 222 Å². The Balaban J connectivity index is 0.000000266. The highest BCUT2D eigenvalue weighted by Crippen LogP contribution is 2.28. The van der Waals surface area contributed by atoms with Gasteiger partial charge in [0.1, 0.15) is 0 Å².